The fraction of sp³-hybridized carbons (Fsp3) is 0.562. The zero-order chi connectivity index (χ0) is 15.7. The topological polar surface area (TPSA) is 49.8 Å². The molecule has 0 aliphatic carbocycles. The molecule has 1 aromatic heterocycles. The number of rotatable bonds is 1. The third-order valence-corrected chi connectivity index (χ3v) is 3.97. The third kappa shape index (κ3) is 4.07. The number of thiophene rings is 1. The first kappa shape index (κ1) is 16.0. The van der Waals surface area contributed by atoms with E-state index in [2.05, 4.69) is 11.8 Å². The fourth-order valence-corrected chi connectivity index (χ4v) is 3.50. The van der Waals surface area contributed by atoms with Crippen molar-refractivity contribution >= 4 is 17.2 Å². The van der Waals surface area contributed by atoms with Crippen molar-refractivity contribution in [3.8, 4) is 11.8 Å². The molecule has 1 N–H and O–H groups in total. The Bertz CT molecular complexity index is 576. The number of carbonyl (C=O) groups is 1. The van der Waals surface area contributed by atoms with Gasteiger partial charge in [-0.3, -0.25) is 4.79 Å². The second kappa shape index (κ2) is 5.80. The van der Waals surface area contributed by atoms with Gasteiger partial charge in [-0.1, -0.05) is 11.8 Å². The molecule has 0 spiro atoms. The number of ether oxygens (including phenoxy) is 1. The normalized spacial score (nSPS) is 19.8. The smallest absolute Gasteiger partial charge is 0.254 e. The summed E-state index contributed by atoms with van der Waals surface area (Å²) in [5.74, 6) is 5.43. The van der Waals surface area contributed by atoms with Crippen molar-refractivity contribution in [2.24, 2.45) is 0 Å². The lowest BCUT2D eigenvalue weighted by atomic mass is 9.98. The third-order valence-electron chi connectivity index (χ3n) is 3.12. The molecule has 0 atom stereocenters. The standard InChI is InChI=1S/C16H21NO3S/c1-15(2)10-17(11-16(3,4)20-15)14(19)12-8-13(21-9-12)6-5-7-18/h8-9,18H,7,10-11H2,1-4H3. The molecule has 114 valence electrons. The van der Waals surface area contributed by atoms with E-state index in [9.17, 15) is 4.79 Å². The van der Waals surface area contributed by atoms with Crippen LogP contribution in [-0.2, 0) is 4.74 Å². The van der Waals surface area contributed by atoms with E-state index in [1.807, 2.05) is 38.0 Å². The van der Waals surface area contributed by atoms with Gasteiger partial charge in [0, 0.05) is 18.5 Å². The summed E-state index contributed by atoms with van der Waals surface area (Å²) < 4.78 is 5.99. The van der Waals surface area contributed by atoms with E-state index in [4.69, 9.17) is 9.84 Å². The van der Waals surface area contributed by atoms with Gasteiger partial charge in [0.25, 0.3) is 5.91 Å². The van der Waals surface area contributed by atoms with Gasteiger partial charge < -0.3 is 14.7 Å². The first-order valence-electron chi connectivity index (χ1n) is 6.90. The minimum Gasteiger partial charge on any atom is -0.384 e. The van der Waals surface area contributed by atoms with Gasteiger partial charge in [-0.25, -0.2) is 0 Å². The van der Waals surface area contributed by atoms with E-state index < -0.39 is 0 Å². The van der Waals surface area contributed by atoms with Crippen LogP contribution in [0.25, 0.3) is 0 Å². The molecule has 1 saturated heterocycles. The first-order valence-corrected chi connectivity index (χ1v) is 7.78. The number of hydrogen-bond donors (Lipinski definition) is 1. The lowest BCUT2D eigenvalue weighted by Crippen LogP contribution is -2.58. The second-order valence-corrected chi connectivity index (χ2v) is 7.35. The summed E-state index contributed by atoms with van der Waals surface area (Å²) in [4.78, 5) is 15.3. The van der Waals surface area contributed by atoms with E-state index in [1.165, 1.54) is 11.3 Å². The fourth-order valence-electron chi connectivity index (χ4n) is 2.75. The molecule has 0 aromatic carbocycles. The van der Waals surface area contributed by atoms with Gasteiger partial charge in [-0.05, 0) is 33.8 Å². The predicted octanol–water partition coefficient (Wildman–Crippen LogP) is 2.12. The summed E-state index contributed by atoms with van der Waals surface area (Å²) in [7, 11) is 0. The molecule has 1 aliphatic heterocycles. The highest BCUT2D eigenvalue weighted by Gasteiger charge is 2.40. The number of aliphatic hydroxyl groups excluding tert-OH is 1. The molecule has 5 heteroatoms. The molecule has 4 nitrogen and oxygen atoms in total. The molecule has 0 saturated carbocycles. The SMILES string of the molecule is CC1(C)CN(C(=O)c2csc(C#CCO)c2)CC(C)(C)O1. The van der Waals surface area contributed by atoms with Gasteiger partial charge in [0.15, 0.2) is 0 Å². The number of carbonyl (C=O) groups excluding carboxylic acids is 1. The Morgan fingerprint density at radius 2 is 2.00 bits per heavy atom. The Hall–Kier alpha value is -1.35. The Kier molecular flexibility index (Phi) is 4.43. The highest BCUT2D eigenvalue weighted by atomic mass is 32.1. The quantitative estimate of drug-likeness (QED) is 0.809. The molecule has 0 radical (unpaired) electrons. The van der Waals surface area contributed by atoms with Gasteiger partial charge in [0.2, 0.25) is 0 Å². The number of aliphatic hydroxyl groups is 1. The zero-order valence-corrected chi connectivity index (χ0v) is 13.7. The monoisotopic (exact) mass is 307 g/mol. The van der Waals surface area contributed by atoms with E-state index in [1.54, 1.807) is 6.07 Å². The number of morpholine rings is 1. The number of amides is 1. The van der Waals surface area contributed by atoms with Gasteiger partial charge in [-0.2, -0.15) is 0 Å². The average molecular weight is 307 g/mol. The van der Waals surface area contributed by atoms with Crippen LogP contribution in [-0.4, -0.2) is 46.8 Å². The van der Waals surface area contributed by atoms with Crippen molar-refractivity contribution < 1.29 is 14.6 Å². The van der Waals surface area contributed by atoms with Crippen LogP contribution in [0.15, 0.2) is 11.4 Å². The minimum absolute atomic E-state index is 0.00717. The van der Waals surface area contributed by atoms with Crippen LogP contribution in [0.3, 0.4) is 0 Å². The van der Waals surface area contributed by atoms with Gasteiger partial charge in [0.05, 0.1) is 21.6 Å². The van der Waals surface area contributed by atoms with Crippen molar-refractivity contribution in [3.63, 3.8) is 0 Å². The van der Waals surface area contributed by atoms with Crippen LogP contribution < -0.4 is 0 Å². The van der Waals surface area contributed by atoms with Gasteiger partial charge in [0.1, 0.15) is 6.61 Å². The number of hydrogen-bond acceptors (Lipinski definition) is 4. The maximum Gasteiger partial charge on any atom is 0.254 e. The van der Waals surface area contributed by atoms with E-state index in [-0.39, 0.29) is 23.7 Å². The van der Waals surface area contributed by atoms with Crippen molar-refractivity contribution in [1.82, 2.24) is 4.90 Å². The van der Waals surface area contributed by atoms with Crippen molar-refractivity contribution in [2.75, 3.05) is 19.7 Å². The van der Waals surface area contributed by atoms with Crippen LogP contribution in [0.1, 0.15) is 42.9 Å². The molecule has 0 bridgehead atoms. The maximum atomic E-state index is 12.6. The number of nitrogens with zero attached hydrogens (tertiary/aromatic N) is 1. The molecule has 1 aromatic rings. The molecule has 1 fully saturated rings. The summed E-state index contributed by atoms with van der Waals surface area (Å²) in [6.45, 7) is 8.97. The van der Waals surface area contributed by atoms with Crippen LogP contribution >= 0.6 is 11.3 Å². The van der Waals surface area contributed by atoms with Crippen molar-refractivity contribution in [1.29, 1.82) is 0 Å². The molecular weight excluding hydrogens is 286 g/mol. The predicted molar refractivity (Wildman–Crippen MR) is 83.4 cm³/mol. The highest BCUT2D eigenvalue weighted by Crippen LogP contribution is 2.29. The van der Waals surface area contributed by atoms with Crippen LogP contribution in [0.4, 0.5) is 0 Å². The van der Waals surface area contributed by atoms with Crippen LogP contribution in [0.2, 0.25) is 0 Å². The summed E-state index contributed by atoms with van der Waals surface area (Å²) in [5, 5.41) is 10.5. The van der Waals surface area contributed by atoms with Gasteiger partial charge >= 0.3 is 0 Å². The van der Waals surface area contributed by atoms with Crippen LogP contribution in [0.5, 0.6) is 0 Å². The molecule has 2 heterocycles. The van der Waals surface area contributed by atoms with E-state index >= 15 is 0 Å². The Balaban J connectivity index is 2.17. The Labute approximate surface area is 129 Å². The maximum absolute atomic E-state index is 12.6. The average Bonchev–Trinajstić information content (AvgIpc) is 2.80. The molecule has 2 rings (SSSR count). The molecule has 1 aliphatic rings. The Morgan fingerprint density at radius 3 is 2.57 bits per heavy atom. The minimum atomic E-state index is -0.354. The van der Waals surface area contributed by atoms with Crippen molar-refractivity contribution in [3.05, 3.63) is 21.9 Å². The van der Waals surface area contributed by atoms with Gasteiger partial charge in [-0.15, -0.1) is 11.3 Å². The molecular formula is C16H21NO3S. The molecule has 0 unspecified atom stereocenters. The lowest BCUT2D eigenvalue weighted by molar-refractivity contribution is -0.171. The van der Waals surface area contributed by atoms with Crippen LogP contribution in [0, 0.1) is 11.8 Å². The second-order valence-electron chi connectivity index (χ2n) is 6.44. The summed E-state index contributed by atoms with van der Waals surface area (Å²) in [6.07, 6.45) is 0. The summed E-state index contributed by atoms with van der Waals surface area (Å²) in [6, 6.07) is 1.78. The summed E-state index contributed by atoms with van der Waals surface area (Å²) >= 11 is 1.42. The van der Waals surface area contributed by atoms with E-state index in [0.29, 0.717) is 18.7 Å². The zero-order valence-electron chi connectivity index (χ0n) is 12.9. The van der Waals surface area contributed by atoms with Crippen molar-refractivity contribution in [2.45, 2.75) is 38.9 Å². The lowest BCUT2D eigenvalue weighted by Gasteiger charge is -2.47. The Morgan fingerprint density at radius 1 is 1.38 bits per heavy atom. The summed E-state index contributed by atoms with van der Waals surface area (Å²) in [5.41, 5.74) is -0.0596. The molecule has 1 amide bonds. The first-order chi connectivity index (χ1) is 9.72. The largest absolute Gasteiger partial charge is 0.384 e. The van der Waals surface area contributed by atoms with E-state index in [0.717, 1.165) is 4.88 Å². The molecule has 21 heavy (non-hydrogen) atoms. The highest BCUT2D eigenvalue weighted by molar-refractivity contribution is 7.10.